The van der Waals surface area contributed by atoms with Gasteiger partial charge in [-0.15, -0.1) is 0 Å². The summed E-state index contributed by atoms with van der Waals surface area (Å²) in [7, 11) is 2.00. The molecular weight excluding hydrogens is 400 g/mol. The third kappa shape index (κ3) is 4.12. The van der Waals surface area contributed by atoms with E-state index in [2.05, 4.69) is 37.9 Å². The minimum absolute atomic E-state index is 0.00438. The number of carbonyl (C=O) groups is 1. The summed E-state index contributed by atoms with van der Waals surface area (Å²) < 4.78 is 2.07. The van der Waals surface area contributed by atoms with Gasteiger partial charge in [-0.3, -0.25) is 9.78 Å². The number of imidazole rings is 1. The lowest BCUT2D eigenvalue weighted by Gasteiger charge is -2.21. The zero-order chi connectivity index (χ0) is 21.9. The molecule has 0 spiro atoms. The van der Waals surface area contributed by atoms with Gasteiger partial charge in [-0.25, -0.2) is 15.8 Å². The van der Waals surface area contributed by atoms with Crippen molar-refractivity contribution < 1.29 is 4.79 Å². The van der Waals surface area contributed by atoms with E-state index in [9.17, 15) is 4.79 Å². The topological polar surface area (TPSA) is 83.9 Å². The number of nitrogens with zero attached hydrogens (tertiary/aromatic N) is 3. The molecule has 1 aliphatic heterocycles. The summed E-state index contributed by atoms with van der Waals surface area (Å²) in [5.74, 6) is 0.791. The highest BCUT2D eigenvalue weighted by atomic mass is 16.2. The van der Waals surface area contributed by atoms with E-state index in [0.29, 0.717) is 12.8 Å². The van der Waals surface area contributed by atoms with E-state index < -0.39 is 0 Å². The molecule has 162 valence electrons. The second kappa shape index (κ2) is 8.90. The molecule has 1 fully saturated rings. The number of rotatable bonds is 6. The predicted octanol–water partition coefficient (Wildman–Crippen LogP) is 2.98. The van der Waals surface area contributed by atoms with E-state index in [0.717, 1.165) is 28.1 Å². The standard InChI is InChI=1S/C25H26N6O/c1-31-23-13-6-5-12-19(23)27-24(31)21(15-17-9-3-2-4-10-17)28-25(32)22-16-20(29-30-22)18-11-7-8-14-26-18/h2-14,20-22,29-30H,15-16H2,1H3,(H,28,32)/t20?,21-,22?/m1/s1. The van der Waals surface area contributed by atoms with Crippen molar-refractivity contribution in [1.29, 1.82) is 0 Å². The average molecular weight is 427 g/mol. The highest BCUT2D eigenvalue weighted by molar-refractivity contribution is 5.83. The number of amides is 1. The fraction of sp³-hybridized carbons (Fsp3) is 0.240. The van der Waals surface area contributed by atoms with Gasteiger partial charge in [-0.1, -0.05) is 48.5 Å². The van der Waals surface area contributed by atoms with Crippen LogP contribution in [0, 0.1) is 0 Å². The Hall–Kier alpha value is -3.55. The Morgan fingerprint density at radius 2 is 1.84 bits per heavy atom. The van der Waals surface area contributed by atoms with Crippen LogP contribution in [0.25, 0.3) is 11.0 Å². The number of fused-ring (bicyclic) bond motifs is 1. The van der Waals surface area contributed by atoms with E-state index in [1.807, 2.05) is 67.7 Å². The number of benzene rings is 2. The van der Waals surface area contributed by atoms with Crippen molar-refractivity contribution >= 4 is 16.9 Å². The second-order valence-electron chi connectivity index (χ2n) is 8.15. The first kappa shape index (κ1) is 20.4. The van der Waals surface area contributed by atoms with Crippen LogP contribution in [0.15, 0.2) is 79.0 Å². The van der Waals surface area contributed by atoms with Crippen LogP contribution in [0.2, 0.25) is 0 Å². The van der Waals surface area contributed by atoms with Crippen LogP contribution in [0.5, 0.6) is 0 Å². The molecule has 1 amide bonds. The number of hydrogen-bond acceptors (Lipinski definition) is 5. The number of carbonyl (C=O) groups excluding carboxylic acids is 1. The minimum Gasteiger partial charge on any atom is -0.344 e. The maximum atomic E-state index is 13.3. The molecule has 4 aromatic rings. The van der Waals surface area contributed by atoms with Gasteiger partial charge < -0.3 is 9.88 Å². The fourth-order valence-corrected chi connectivity index (χ4v) is 4.31. The molecular formula is C25H26N6O. The molecule has 7 heteroatoms. The molecule has 3 atom stereocenters. The van der Waals surface area contributed by atoms with E-state index >= 15 is 0 Å². The van der Waals surface area contributed by atoms with Crippen molar-refractivity contribution in [1.82, 2.24) is 30.7 Å². The molecule has 0 aliphatic carbocycles. The van der Waals surface area contributed by atoms with Crippen molar-refractivity contribution in [2.45, 2.75) is 31.0 Å². The Morgan fingerprint density at radius 3 is 2.62 bits per heavy atom. The summed E-state index contributed by atoms with van der Waals surface area (Å²) in [4.78, 5) is 22.5. The zero-order valence-electron chi connectivity index (χ0n) is 17.9. The van der Waals surface area contributed by atoms with Crippen molar-refractivity contribution in [3.8, 4) is 0 Å². The van der Waals surface area contributed by atoms with Crippen LogP contribution in [-0.2, 0) is 18.3 Å². The number of hydrazine groups is 1. The van der Waals surface area contributed by atoms with Gasteiger partial charge >= 0.3 is 0 Å². The molecule has 0 saturated carbocycles. The Balaban J connectivity index is 1.38. The third-order valence-corrected chi connectivity index (χ3v) is 6.00. The van der Waals surface area contributed by atoms with Crippen molar-refractivity contribution in [3.63, 3.8) is 0 Å². The van der Waals surface area contributed by atoms with Crippen LogP contribution in [0.4, 0.5) is 0 Å². The maximum Gasteiger partial charge on any atom is 0.239 e. The number of para-hydroxylation sites is 2. The van der Waals surface area contributed by atoms with E-state index in [-0.39, 0.29) is 24.0 Å². The van der Waals surface area contributed by atoms with Crippen molar-refractivity contribution in [2.75, 3.05) is 0 Å². The highest BCUT2D eigenvalue weighted by Crippen LogP contribution is 2.24. The van der Waals surface area contributed by atoms with E-state index in [1.165, 1.54) is 0 Å². The number of aromatic nitrogens is 3. The largest absolute Gasteiger partial charge is 0.344 e. The number of nitrogens with one attached hydrogen (secondary N) is 3. The Kier molecular flexibility index (Phi) is 5.66. The van der Waals surface area contributed by atoms with Crippen LogP contribution in [-0.4, -0.2) is 26.5 Å². The minimum atomic E-state index is -0.352. The lowest BCUT2D eigenvalue weighted by Crippen LogP contribution is -2.45. The summed E-state index contributed by atoms with van der Waals surface area (Å²) >= 11 is 0. The normalized spacial score (nSPS) is 19.2. The predicted molar refractivity (Wildman–Crippen MR) is 123 cm³/mol. The number of aryl methyl sites for hydroxylation is 1. The molecule has 1 saturated heterocycles. The quantitative estimate of drug-likeness (QED) is 0.442. The average Bonchev–Trinajstić information content (AvgIpc) is 3.46. The van der Waals surface area contributed by atoms with Gasteiger partial charge in [-0.05, 0) is 42.7 Å². The molecule has 0 radical (unpaired) electrons. The third-order valence-electron chi connectivity index (χ3n) is 6.00. The maximum absolute atomic E-state index is 13.3. The summed E-state index contributed by atoms with van der Waals surface area (Å²) in [6.07, 6.45) is 3.06. The van der Waals surface area contributed by atoms with Gasteiger partial charge in [0.1, 0.15) is 11.9 Å². The van der Waals surface area contributed by atoms with Crippen molar-refractivity contribution in [3.05, 3.63) is 96.1 Å². The van der Waals surface area contributed by atoms with Gasteiger partial charge in [0.05, 0.1) is 28.8 Å². The first-order chi connectivity index (χ1) is 15.7. The highest BCUT2D eigenvalue weighted by Gasteiger charge is 2.32. The molecule has 32 heavy (non-hydrogen) atoms. The first-order valence-electron chi connectivity index (χ1n) is 10.9. The smallest absolute Gasteiger partial charge is 0.239 e. The molecule has 0 bridgehead atoms. The van der Waals surface area contributed by atoms with Crippen LogP contribution >= 0.6 is 0 Å². The Labute approximate surface area is 186 Å². The summed E-state index contributed by atoms with van der Waals surface area (Å²) in [6.45, 7) is 0. The first-order valence-corrected chi connectivity index (χ1v) is 10.9. The van der Waals surface area contributed by atoms with Gasteiger partial charge in [0.2, 0.25) is 5.91 Å². The summed E-state index contributed by atoms with van der Waals surface area (Å²) in [5, 5.41) is 3.25. The number of hydrogen-bond donors (Lipinski definition) is 3. The monoisotopic (exact) mass is 426 g/mol. The second-order valence-corrected chi connectivity index (χ2v) is 8.15. The molecule has 2 unspecified atom stereocenters. The van der Waals surface area contributed by atoms with Gasteiger partial charge in [0, 0.05) is 13.2 Å². The summed E-state index contributed by atoms with van der Waals surface area (Å²) in [6, 6.07) is 23.4. The fourth-order valence-electron chi connectivity index (χ4n) is 4.31. The Bertz CT molecular complexity index is 1210. The molecule has 1 aliphatic rings. The summed E-state index contributed by atoms with van der Waals surface area (Å²) in [5.41, 5.74) is 10.4. The zero-order valence-corrected chi connectivity index (χ0v) is 17.9. The lowest BCUT2D eigenvalue weighted by atomic mass is 10.0. The molecule has 2 aromatic carbocycles. The van der Waals surface area contributed by atoms with Crippen molar-refractivity contribution in [2.24, 2.45) is 7.05 Å². The van der Waals surface area contributed by atoms with Gasteiger partial charge in [-0.2, -0.15) is 0 Å². The molecule has 2 aromatic heterocycles. The van der Waals surface area contributed by atoms with E-state index in [4.69, 9.17) is 4.98 Å². The van der Waals surface area contributed by atoms with Crippen LogP contribution in [0.3, 0.4) is 0 Å². The lowest BCUT2D eigenvalue weighted by molar-refractivity contribution is -0.123. The number of pyridine rings is 1. The van der Waals surface area contributed by atoms with E-state index in [1.54, 1.807) is 6.20 Å². The Morgan fingerprint density at radius 1 is 1.06 bits per heavy atom. The van der Waals surface area contributed by atoms with Crippen LogP contribution in [0.1, 0.15) is 35.6 Å². The molecule has 7 nitrogen and oxygen atoms in total. The van der Waals surface area contributed by atoms with Crippen LogP contribution < -0.4 is 16.2 Å². The molecule has 3 N–H and O–H groups in total. The molecule has 5 rings (SSSR count). The molecule has 3 heterocycles. The van der Waals surface area contributed by atoms with Gasteiger partial charge in [0.15, 0.2) is 0 Å². The SMILES string of the molecule is Cn1c([C@@H](Cc2ccccc2)NC(=O)C2CC(c3ccccn3)NN2)nc2ccccc21. The van der Waals surface area contributed by atoms with Gasteiger partial charge in [0.25, 0.3) is 0 Å².